The molecular weight excluding hydrogens is 212 g/mol. The Kier molecular flexibility index (Phi) is 3.11. The fourth-order valence-corrected chi connectivity index (χ4v) is 4.33. The van der Waals surface area contributed by atoms with Gasteiger partial charge in [0, 0.05) is 0 Å². The zero-order chi connectivity index (χ0) is 12.9. The van der Waals surface area contributed by atoms with Crippen LogP contribution in [0.25, 0.3) is 0 Å². The molecule has 0 radical (unpaired) electrons. The van der Waals surface area contributed by atoms with Gasteiger partial charge in [0.2, 0.25) is 0 Å². The number of fused-ring (bicyclic) bond motifs is 1. The van der Waals surface area contributed by atoms with Crippen LogP contribution in [0.4, 0.5) is 0 Å². The molecule has 4 atom stereocenters. The average Bonchev–Trinajstić information content (AvgIpc) is 2.14. The van der Waals surface area contributed by atoms with Crippen molar-refractivity contribution in [1.82, 2.24) is 0 Å². The second-order valence-electron chi connectivity index (χ2n) is 7.54. The van der Waals surface area contributed by atoms with E-state index in [0.717, 1.165) is 32.1 Å². The molecule has 0 aromatic heterocycles. The van der Waals surface area contributed by atoms with Gasteiger partial charge >= 0.3 is 0 Å². The summed E-state index contributed by atoms with van der Waals surface area (Å²) in [5.74, 6) is 0.694. The van der Waals surface area contributed by atoms with E-state index in [1.54, 1.807) is 0 Å². The molecule has 0 amide bonds. The third-order valence-corrected chi connectivity index (χ3v) is 5.61. The summed E-state index contributed by atoms with van der Waals surface area (Å²) >= 11 is 0. The van der Waals surface area contributed by atoms with Gasteiger partial charge in [-0.05, 0) is 70.1 Å². The predicted octanol–water partition coefficient (Wildman–Crippen LogP) is 3.11. The highest BCUT2D eigenvalue weighted by Gasteiger charge is 2.52. The maximum atomic E-state index is 10.6. The van der Waals surface area contributed by atoms with Crippen molar-refractivity contribution in [2.45, 2.75) is 77.4 Å². The molecule has 2 nitrogen and oxygen atoms in total. The van der Waals surface area contributed by atoms with Crippen molar-refractivity contribution in [3.8, 4) is 0 Å². The summed E-state index contributed by atoms with van der Waals surface area (Å²) in [6, 6.07) is 0. The molecule has 0 aromatic rings. The van der Waals surface area contributed by atoms with Gasteiger partial charge in [0.15, 0.2) is 0 Å². The van der Waals surface area contributed by atoms with Crippen LogP contribution in [0.2, 0.25) is 0 Å². The zero-order valence-electron chi connectivity index (χ0n) is 11.8. The van der Waals surface area contributed by atoms with Crippen LogP contribution in [0.5, 0.6) is 0 Å². The second kappa shape index (κ2) is 3.96. The molecule has 0 aliphatic heterocycles. The van der Waals surface area contributed by atoms with E-state index >= 15 is 0 Å². The molecule has 2 N–H and O–H groups in total. The molecule has 100 valence electrons. The summed E-state index contributed by atoms with van der Waals surface area (Å²) in [6.07, 6.45) is 6.55. The first-order valence-electron chi connectivity index (χ1n) is 7.10. The van der Waals surface area contributed by atoms with Gasteiger partial charge in [0.1, 0.15) is 0 Å². The second-order valence-corrected chi connectivity index (χ2v) is 7.54. The van der Waals surface area contributed by atoms with Crippen LogP contribution < -0.4 is 0 Å². The SMILES string of the molecule is CC(C)(O)[C@@H]1CC[C@@]2(C)CCC[C@@](C)(O)[C@@H]2C1. The minimum Gasteiger partial charge on any atom is -0.390 e. The van der Waals surface area contributed by atoms with Gasteiger partial charge in [-0.15, -0.1) is 0 Å². The van der Waals surface area contributed by atoms with E-state index in [9.17, 15) is 10.2 Å². The normalized spacial score (nSPS) is 47.6. The van der Waals surface area contributed by atoms with E-state index < -0.39 is 11.2 Å². The molecule has 2 fully saturated rings. The topological polar surface area (TPSA) is 40.5 Å². The lowest BCUT2D eigenvalue weighted by Gasteiger charge is -2.55. The van der Waals surface area contributed by atoms with E-state index in [2.05, 4.69) is 6.92 Å². The lowest BCUT2D eigenvalue weighted by Crippen LogP contribution is -2.53. The summed E-state index contributed by atoms with van der Waals surface area (Å²) in [7, 11) is 0. The number of rotatable bonds is 1. The lowest BCUT2D eigenvalue weighted by molar-refractivity contribution is -0.143. The molecule has 0 aromatic carbocycles. The van der Waals surface area contributed by atoms with Gasteiger partial charge in [-0.2, -0.15) is 0 Å². The van der Waals surface area contributed by atoms with Crippen molar-refractivity contribution < 1.29 is 10.2 Å². The van der Waals surface area contributed by atoms with Crippen molar-refractivity contribution in [1.29, 1.82) is 0 Å². The van der Waals surface area contributed by atoms with Crippen LogP contribution in [0.15, 0.2) is 0 Å². The monoisotopic (exact) mass is 240 g/mol. The van der Waals surface area contributed by atoms with Crippen LogP contribution in [0, 0.1) is 17.3 Å². The molecule has 2 aliphatic carbocycles. The van der Waals surface area contributed by atoms with E-state index in [1.807, 2.05) is 20.8 Å². The zero-order valence-corrected chi connectivity index (χ0v) is 11.8. The molecular formula is C15H28O2. The summed E-state index contributed by atoms with van der Waals surface area (Å²) in [5, 5.41) is 20.8. The van der Waals surface area contributed by atoms with Crippen molar-refractivity contribution in [3.05, 3.63) is 0 Å². The Balaban J connectivity index is 2.20. The van der Waals surface area contributed by atoms with Crippen LogP contribution in [-0.2, 0) is 0 Å². The van der Waals surface area contributed by atoms with Crippen molar-refractivity contribution in [3.63, 3.8) is 0 Å². The van der Waals surface area contributed by atoms with Gasteiger partial charge in [-0.25, -0.2) is 0 Å². The Labute approximate surface area is 105 Å². The summed E-state index contributed by atoms with van der Waals surface area (Å²) in [6.45, 7) is 8.17. The van der Waals surface area contributed by atoms with Gasteiger partial charge in [-0.1, -0.05) is 13.3 Å². The maximum Gasteiger partial charge on any atom is 0.0653 e. The molecule has 0 unspecified atom stereocenters. The van der Waals surface area contributed by atoms with E-state index in [0.29, 0.717) is 17.3 Å². The Morgan fingerprint density at radius 3 is 2.35 bits per heavy atom. The van der Waals surface area contributed by atoms with Gasteiger partial charge in [0.25, 0.3) is 0 Å². The number of hydrogen-bond acceptors (Lipinski definition) is 2. The van der Waals surface area contributed by atoms with Crippen molar-refractivity contribution in [2.75, 3.05) is 0 Å². The highest BCUT2D eigenvalue weighted by Crippen LogP contribution is 2.56. The summed E-state index contributed by atoms with van der Waals surface area (Å²) < 4.78 is 0. The van der Waals surface area contributed by atoms with Gasteiger partial charge in [0.05, 0.1) is 11.2 Å². The molecule has 2 aliphatic rings. The quantitative estimate of drug-likeness (QED) is 0.739. The van der Waals surface area contributed by atoms with Crippen LogP contribution in [-0.4, -0.2) is 21.4 Å². The summed E-state index contributed by atoms with van der Waals surface area (Å²) in [5.41, 5.74) is -0.838. The molecule has 0 spiro atoms. The standard InChI is InChI=1S/C15H28O2/c1-13(2,16)11-6-9-14(3)7-5-8-15(4,17)12(14)10-11/h11-12,16-17H,5-10H2,1-4H3/t11-,12-,14-,15-/m1/s1. The lowest BCUT2D eigenvalue weighted by atomic mass is 9.52. The average molecular weight is 240 g/mol. The smallest absolute Gasteiger partial charge is 0.0653 e. The van der Waals surface area contributed by atoms with Crippen molar-refractivity contribution in [2.24, 2.45) is 17.3 Å². The van der Waals surface area contributed by atoms with Crippen molar-refractivity contribution >= 4 is 0 Å². The largest absolute Gasteiger partial charge is 0.390 e. The number of hydrogen-bond donors (Lipinski definition) is 2. The van der Waals surface area contributed by atoms with Crippen LogP contribution in [0.3, 0.4) is 0 Å². The molecule has 2 saturated carbocycles. The molecule has 0 bridgehead atoms. The van der Waals surface area contributed by atoms with E-state index in [1.165, 1.54) is 6.42 Å². The predicted molar refractivity (Wildman–Crippen MR) is 69.7 cm³/mol. The van der Waals surface area contributed by atoms with E-state index in [-0.39, 0.29) is 0 Å². The van der Waals surface area contributed by atoms with Gasteiger partial charge < -0.3 is 10.2 Å². The maximum absolute atomic E-state index is 10.6. The first-order valence-corrected chi connectivity index (χ1v) is 7.10. The highest BCUT2D eigenvalue weighted by molar-refractivity contribution is 5.03. The third-order valence-electron chi connectivity index (χ3n) is 5.61. The van der Waals surface area contributed by atoms with E-state index in [4.69, 9.17) is 0 Å². The Hall–Kier alpha value is -0.0800. The molecule has 2 rings (SSSR count). The third kappa shape index (κ3) is 2.39. The molecule has 0 saturated heterocycles. The highest BCUT2D eigenvalue weighted by atomic mass is 16.3. The van der Waals surface area contributed by atoms with Crippen LogP contribution >= 0.6 is 0 Å². The molecule has 0 heterocycles. The fourth-order valence-electron chi connectivity index (χ4n) is 4.33. The fraction of sp³-hybridized carbons (Fsp3) is 1.00. The Morgan fingerprint density at radius 2 is 1.76 bits per heavy atom. The minimum absolute atomic E-state index is 0.295. The minimum atomic E-state index is -0.602. The molecule has 17 heavy (non-hydrogen) atoms. The first-order chi connectivity index (χ1) is 7.65. The Bertz CT molecular complexity index is 290. The number of aliphatic hydroxyl groups is 2. The van der Waals surface area contributed by atoms with Crippen LogP contribution in [0.1, 0.15) is 66.2 Å². The Morgan fingerprint density at radius 1 is 1.12 bits per heavy atom. The molecule has 2 heteroatoms. The summed E-state index contributed by atoms with van der Waals surface area (Å²) in [4.78, 5) is 0. The van der Waals surface area contributed by atoms with Gasteiger partial charge in [-0.3, -0.25) is 0 Å². The first kappa shape index (κ1) is 13.4.